The first-order valence-corrected chi connectivity index (χ1v) is 10.5. The predicted octanol–water partition coefficient (Wildman–Crippen LogP) is 3.48. The van der Waals surface area contributed by atoms with E-state index in [4.69, 9.17) is 0 Å². The summed E-state index contributed by atoms with van der Waals surface area (Å²) in [5, 5.41) is 3.21. The molecule has 1 aliphatic rings. The van der Waals surface area contributed by atoms with Gasteiger partial charge in [-0.05, 0) is 53.2 Å². The number of nitrogens with one attached hydrogen (secondary N) is 2. The van der Waals surface area contributed by atoms with Crippen molar-refractivity contribution in [3.63, 3.8) is 0 Å². The van der Waals surface area contributed by atoms with E-state index in [0.717, 1.165) is 30.7 Å². The Labute approximate surface area is 139 Å². The van der Waals surface area contributed by atoms with Gasteiger partial charge in [0.25, 0.3) is 0 Å². The zero-order valence-electron chi connectivity index (χ0n) is 12.5. The van der Waals surface area contributed by atoms with Crippen LogP contribution in [0.2, 0.25) is 0 Å². The van der Waals surface area contributed by atoms with Gasteiger partial charge in [0, 0.05) is 18.0 Å². The van der Waals surface area contributed by atoms with Crippen molar-refractivity contribution in [2.75, 3.05) is 13.1 Å². The standard InChI is InChI=1S/C14H23BrN2O2S2/c1-3-14(6-5-7-14)10-17-21(18,19)12-8-11(9-16-4-2)20-13(12)15/h8,16-17H,3-7,9-10H2,1-2H3. The maximum absolute atomic E-state index is 12.5. The molecule has 2 rings (SSSR count). The van der Waals surface area contributed by atoms with Crippen LogP contribution < -0.4 is 10.0 Å². The molecule has 1 fully saturated rings. The fraction of sp³-hybridized carbons (Fsp3) is 0.714. The molecule has 21 heavy (non-hydrogen) atoms. The first kappa shape index (κ1) is 17.4. The summed E-state index contributed by atoms with van der Waals surface area (Å²) in [7, 11) is -3.43. The van der Waals surface area contributed by atoms with Gasteiger partial charge in [0.15, 0.2) is 0 Å². The van der Waals surface area contributed by atoms with Crippen LogP contribution in [0, 0.1) is 5.41 Å². The molecular formula is C14H23BrN2O2S2. The molecule has 0 saturated heterocycles. The van der Waals surface area contributed by atoms with Gasteiger partial charge in [0.2, 0.25) is 10.0 Å². The molecule has 7 heteroatoms. The number of halogens is 1. The molecule has 1 saturated carbocycles. The summed E-state index contributed by atoms with van der Waals surface area (Å²) in [5.41, 5.74) is 0.183. The molecule has 0 atom stereocenters. The Morgan fingerprint density at radius 1 is 1.38 bits per heavy atom. The van der Waals surface area contributed by atoms with Crippen LogP contribution >= 0.6 is 27.3 Å². The zero-order chi connectivity index (χ0) is 15.5. The maximum atomic E-state index is 12.5. The lowest BCUT2D eigenvalue weighted by Crippen LogP contribution is -2.41. The Bertz CT molecular complexity index is 574. The molecule has 2 N–H and O–H groups in total. The van der Waals surface area contributed by atoms with Gasteiger partial charge in [0.1, 0.15) is 4.90 Å². The number of sulfonamides is 1. The molecule has 0 bridgehead atoms. The monoisotopic (exact) mass is 394 g/mol. The van der Waals surface area contributed by atoms with Gasteiger partial charge in [0.05, 0.1) is 3.79 Å². The number of hydrogen-bond acceptors (Lipinski definition) is 4. The number of rotatable bonds is 8. The Hall–Kier alpha value is 0.0500. The zero-order valence-corrected chi connectivity index (χ0v) is 15.8. The molecule has 0 radical (unpaired) electrons. The minimum absolute atomic E-state index is 0.183. The average molecular weight is 395 g/mol. The summed E-state index contributed by atoms with van der Waals surface area (Å²) in [5.74, 6) is 0. The van der Waals surface area contributed by atoms with Crippen LogP contribution in [0.15, 0.2) is 14.7 Å². The third-order valence-corrected chi connectivity index (χ3v) is 8.00. The van der Waals surface area contributed by atoms with E-state index in [1.165, 1.54) is 17.8 Å². The second kappa shape index (κ2) is 7.08. The number of hydrogen-bond donors (Lipinski definition) is 2. The molecule has 0 spiro atoms. The lowest BCUT2D eigenvalue weighted by atomic mass is 9.67. The van der Waals surface area contributed by atoms with Crippen LogP contribution in [-0.4, -0.2) is 21.5 Å². The van der Waals surface area contributed by atoms with Crippen molar-refractivity contribution < 1.29 is 8.42 Å². The van der Waals surface area contributed by atoms with Crippen molar-refractivity contribution in [3.8, 4) is 0 Å². The van der Waals surface area contributed by atoms with Gasteiger partial charge in [-0.3, -0.25) is 0 Å². The first-order valence-electron chi connectivity index (χ1n) is 7.41. The van der Waals surface area contributed by atoms with Crippen LogP contribution in [0.1, 0.15) is 44.4 Å². The minimum Gasteiger partial charge on any atom is -0.312 e. The lowest BCUT2D eigenvalue weighted by molar-refractivity contribution is 0.133. The van der Waals surface area contributed by atoms with E-state index in [-0.39, 0.29) is 5.41 Å². The molecule has 4 nitrogen and oxygen atoms in total. The highest BCUT2D eigenvalue weighted by atomic mass is 79.9. The van der Waals surface area contributed by atoms with E-state index in [1.807, 2.05) is 6.92 Å². The van der Waals surface area contributed by atoms with Crippen LogP contribution in [0.4, 0.5) is 0 Å². The van der Waals surface area contributed by atoms with E-state index in [2.05, 4.69) is 32.9 Å². The molecule has 0 aliphatic heterocycles. The first-order chi connectivity index (χ1) is 9.92. The van der Waals surface area contributed by atoms with Crippen LogP contribution in [-0.2, 0) is 16.6 Å². The fourth-order valence-electron chi connectivity index (χ4n) is 2.57. The van der Waals surface area contributed by atoms with Crippen LogP contribution in [0.5, 0.6) is 0 Å². The summed E-state index contributed by atoms with van der Waals surface area (Å²) in [6.45, 7) is 6.30. The quantitative estimate of drug-likeness (QED) is 0.709. The highest BCUT2D eigenvalue weighted by Crippen LogP contribution is 2.43. The maximum Gasteiger partial charge on any atom is 0.242 e. The smallest absolute Gasteiger partial charge is 0.242 e. The van der Waals surface area contributed by atoms with Crippen molar-refractivity contribution in [3.05, 3.63) is 14.7 Å². The summed E-state index contributed by atoms with van der Waals surface area (Å²) in [6.07, 6.45) is 4.50. The normalized spacial score (nSPS) is 17.7. The third-order valence-electron chi connectivity index (χ3n) is 4.35. The molecule has 120 valence electrons. The van der Waals surface area contributed by atoms with Gasteiger partial charge in [-0.1, -0.05) is 20.3 Å². The van der Waals surface area contributed by atoms with Crippen molar-refractivity contribution in [2.45, 2.75) is 51.0 Å². The second-order valence-corrected chi connectivity index (χ2v) is 9.85. The van der Waals surface area contributed by atoms with Crippen molar-refractivity contribution in [1.29, 1.82) is 0 Å². The summed E-state index contributed by atoms with van der Waals surface area (Å²) in [6, 6.07) is 1.76. The minimum atomic E-state index is -3.43. The van der Waals surface area contributed by atoms with E-state index < -0.39 is 10.0 Å². The highest BCUT2D eigenvalue weighted by molar-refractivity contribution is 9.11. The van der Waals surface area contributed by atoms with Crippen LogP contribution in [0.3, 0.4) is 0 Å². The summed E-state index contributed by atoms with van der Waals surface area (Å²) < 4.78 is 28.5. The highest BCUT2D eigenvalue weighted by Gasteiger charge is 2.36. The van der Waals surface area contributed by atoms with Crippen molar-refractivity contribution >= 4 is 37.3 Å². The van der Waals surface area contributed by atoms with Crippen LogP contribution in [0.25, 0.3) is 0 Å². The van der Waals surface area contributed by atoms with E-state index in [1.54, 1.807) is 6.07 Å². The summed E-state index contributed by atoms with van der Waals surface area (Å²) in [4.78, 5) is 1.39. The Kier molecular flexibility index (Phi) is 5.87. The van der Waals surface area contributed by atoms with Gasteiger partial charge >= 0.3 is 0 Å². The molecule has 1 aliphatic carbocycles. The molecule has 1 aromatic rings. The molecule has 0 aromatic carbocycles. The van der Waals surface area contributed by atoms with Gasteiger partial charge in [-0.25, -0.2) is 13.1 Å². The topological polar surface area (TPSA) is 58.2 Å². The van der Waals surface area contributed by atoms with Gasteiger partial charge in [-0.2, -0.15) is 0 Å². The largest absolute Gasteiger partial charge is 0.312 e. The molecule has 0 amide bonds. The fourth-order valence-corrected chi connectivity index (χ4v) is 6.38. The van der Waals surface area contributed by atoms with E-state index in [9.17, 15) is 8.42 Å². The second-order valence-electron chi connectivity index (χ2n) is 5.66. The lowest BCUT2D eigenvalue weighted by Gasteiger charge is -2.41. The van der Waals surface area contributed by atoms with E-state index in [0.29, 0.717) is 21.8 Å². The number of thiophene rings is 1. The third kappa shape index (κ3) is 4.07. The van der Waals surface area contributed by atoms with E-state index >= 15 is 0 Å². The molecule has 1 aromatic heterocycles. The van der Waals surface area contributed by atoms with Crippen molar-refractivity contribution in [2.24, 2.45) is 5.41 Å². The molecular weight excluding hydrogens is 372 g/mol. The van der Waals surface area contributed by atoms with Crippen molar-refractivity contribution in [1.82, 2.24) is 10.0 Å². The predicted molar refractivity (Wildman–Crippen MR) is 91.2 cm³/mol. The average Bonchev–Trinajstić information content (AvgIpc) is 2.77. The van der Waals surface area contributed by atoms with Gasteiger partial charge < -0.3 is 5.32 Å². The Balaban J connectivity index is 2.06. The van der Waals surface area contributed by atoms with Gasteiger partial charge in [-0.15, -0.1) is 11.3 Å². The Morgan fingerprint density at radius 2 is 2.10 bits per heavy atom. The Morgan fingerprint density at radius 3 is 2.62 bits per heavy atom. The summed E-state index contributed by atoms with van der Waals surface area (Å²) >= 11 is 4.86. The molecule has 1 heterocycles. The molecule has 0 unspecified atom stereocenters. The SMILES string of the molecule is CCNCc1cc(S(=O)(=O)NCC2(CC)CCC2)c(Br)s1.